The number of ether oxygens (including phenoxy) is 2. The number of methoxy groups -OCH3 is 1. The number of hydrogen-bond acceptors (Lipinski definition) is 11. The number of oxazole rings is 2. The van der Waals surface area contributed by atoms with Crippen LogP contribution in [0, 0.1) is 11.3 Å². The van der Waals surface area contributed by atoms with Gasteiger partial charge in [-0.1, -0.05) is 65.0 Å². The van der Waals surface area contributed by atoms with Crippen molar-refractivity contribution >= 4 is 23.5 Å². The summed E-state index contributed by atoms with van der Waals surface area (Å²) in [5.41, 5.74) is 1.85. The highest BCUT2D eigenvalue weighted by atomic mass is 16.5. The number of esters is 1. The average molecular weight is 670 g/mol. The zero-order valence-corrected chi connectivity index (χ0v) is 28.1. The molecule has 0 saturated carbocycles. The van der Waals surface area contributed by atoms with E-state index in [2.05, 4.69) is 20.9 Å². The number of hydrogen-bond donors (Lipinski definition) is 4. The van der Waals surface area contributed by atoms with Gasteiger partial charge in [-0.25, -0.2) is 14.8 Å². The van der Waals surface area contributed by atoms with Gasteiger partial charge < -0.3 is 39.4 Å². The van der Waals surface area contributed by atoms with E-state index in [0.717, 1.165) is 22.4 Å². The number of rotatable bonds is 5. The zero-order chi connectivity index (χ0) is 34.8. The van der Waals surface area contributed by atoms with Crippen LogP contribution in [0.1, 0.15) is 85.9 Å². The number of carbonyl (C=O) groups excluding carboxylic acids is 3. The van der Waals surface area contributed by atoms with Crippen molar-refractivity contribution in [3.8, 4) is 17.3 Å². The summed E-state index contributed by atoms with van der Waals surface area (Å²) in [5, 5.41) is 19.9. The Morgan fingerprint density at radius 1 is 1.10 bits per heavy atom. The van der Waals surface area contributed by atoms with Crippen molar-refractivity contribution in [2.45, 2.75) is 77.3 Å². The Labute approximate surface area is 282 Å². The van der Waals surface area contributed by atoms with Crippen LogP contribution >= 0.6 is 0 Å². The van der Waals surface area contributed by atoms with Crippen LogP contribution < -0.4 is 20.7 Å². The molecular formula is C36H39N5O8. The third-order valence-electron chi connectivity index (χ3n) is 9.50. The molecule has 4 bridgehead atoms. The molecule has 2 amide bonds. The van der Waals surface area contributed by atoms with Crippen molar-refractivity contribution in [1.29, 1.82) is 0 Å². The van der Waals surface area contributed by atoms with Crippen LogP contribution in [-0.2, 0) is 26.2 Å². The first-order valence-corrected chi connectivity index (χ1v) is 16.3. The Morgan fingerprint density at radius 3 is 2.61 bits per heavy atom. The quantitative estimate of drug-likeness (QED) is 0.223. The predicted octanol–water partition coefficient (Wildman–Crippen LogP) is 4.25. The first-order chi connectivity index (χ1) is 23.3. The van der Waals surface area contributed by atoms with Gasteiger partial charge in [0.2, 0.25) is 23.6 Å². The Balaban J connectivity index is 1.47. The number of aliphatic hydroxyl groups excluding tert-OH is 1. The first-order valence-electron chi connectivity index (χ1n) is 16.3. The highest BCUT2D eigenvalue weighted by Gasteiger charge is 2.61. The number of carbonyl (C=O) groups is 3. The molecule has 7 rings (SSSR count). The number of nitrogens with zero attached hydrogens (tertiary/aromatic N) is 2. The second-order valence-electron chi connectivity index (χ2n) is 14.2. The van der Waals surface area contributed by atoms with E-state index in [1.807, 2.05) is 63.2 Å². The molecule has 0 saturated heterocycles. The molecule has 0 radical (unpaired) electrons. The maximum atomic E-state index is 14.1. The second kappa shape index (κ2) is 11.8. The van der Waals surface area contributed by atoms with Crippen molar-refractivity contribution in [3.05, 3.63) is 82.8 Å². The third-order valence-corrected chi connectivity index (χ3v) is 9.50. The molecule has 0 fully saturated rings. The summed E-state index contributed by atoms with van der Waals surface area (Å²) in [6.07, 6.45) is -0.0468. The van der Waals surface area contributed by atoms with Crippen molar-refractivity contribution in [1.82, 2.24) is 20.6 Å². The number of para-hydroxylation sites is 1. The first kappa shape index (κ1) is 32.4. The van der Waals surface area contributed by atoms with Crippen LogP contribution in [0.2, 0.25) is 0 Å². The molecule has 0 aliphatic carbocycles. The fraction of sp³-hybridized carbons (Fsp3) is 0.417. The fourth-order valence-corrected chi connectivity index (χ4v) is 6.87. The number of benzene rings is 2. The van der Waals surface area contributed by atoms with E-state index in [1.54, 1.807) is 13.8 Å². The Bertz CT molecular complexity index is 1960. The Morgan fingerprint density at radius 2 is 1.88 bits per heavy atom. The van der Waals surface area contributed by atoms with Crippen LogP contribution in [0.4, 0.5) is 5.69 Å². The van der Waals surface area contributed by atoms with Crippen molar-refractivity contribution in [2.75, 3.05) is 12.4 Å². The van der Waals surface area contributed by atoms with Crippen molar-refractivity contribution in [3.63, 3.8) is 0 Å². The fourth-order valence-electron chi connectivity index (χ4n) is 6.87. The van der Waals surface area contributed by atoms with Crippen LogP contribution in [0.5, 0.6) is 5.75 Å². The number of anilines is 1. The number of aliphatic hydroxyl groups is 1. The summed E-state index contributed by atoms with van der Waals surface area (Å²) in [5.74, 6) is -0.944. The van der Waals surface area contributed by atoms with Gasteiger partial charge in [0.1, 0.15) is 35.6 Å². The molecular weight excluding hydrogens is 630 g/mol. The summed E-state index contributed by atoms with van der Waals surface area (Å²) in [6, 6.07) is 11.9. The molecule has 5 atom stereocenters. The maximum absolute atomic E-state index is 14.1. The number of fused-ring (bicyclic) bond motifs is 4. The van der Waals surface area contributed by atoms with E-state index < -0.39 is 53.0 Å². The maximum Gasteiger partial charge on any atom is 0.360 e. The zero-order valence-electron chi connectivity index (χ0n) is 28.1. The SMILES string of the molecule is COC(=O)c1coc(-c2nc3oc2C24c5ccccc5N[C@H]2Oc2ccc(cc24)CC[C@H](NC(=O)[C@@H](O)C(C)C)C(=O)NC3C(C)(C)C)n1. The van der Waals surface area contributed by atoms with Crippen LogP contribution in [0.15, 0.2) is 57.6 Å². The minimum Gasteiger partial charge on any atom is -0.469 e. The molecule has 4 N–H and O–H groups in total. The Hall–Kier alpha value is -5.17. The lowest BCUT2D eigenvalue weighted by atomic mass is 9.72. The highest BCUT2D eigenvalue weighted by molar-refractivity contribution is 5.90. The van der Waals surface area contributed by atoms with Crippen molar-refractivity contribution in [2.24, 2.45) is 11.3 Å². The Kier molecular flexibility index (Phi) is 7.77. The molecule has 1 spiro atoms. The molecule has 13 heteroatoms. The predicted molar refractivity (Wildman–Crippen MR) is 176 cm³/mol. The van der Waals surface area contributed by atoms with Gasteiger partial charge in [0.25, 0.3) is 0 Å². The van der Waals surface area contributed by atoms with E-state index in [9.17, 15) is 19.5 Å². The molecule has 2 aromatic carbocycles. The molecule has 4 aromatic rings. The summed E-state index contributed by atoms with van der Waals surface area (Å²) in [4.78, 5) is 49.0. The number of amides is 2. The molecule has 256 valence electrons. The minimum absolute atomic E-state index is 0.0198. The highest BCUT2D eigenvalue weighted by Crippen LogP contribution is 2.59. The number of aromatic nitrogens is 2. The minimum atomic E-state index is -1.29. The number of nitrogens with one attached hydrogen (secondary N) is 3. The monoisotopic (exact) mass is 669 g/mol. The summed E-state index contributed by atoms with van der Waals surface area (Å²) >= 11 is 0. The van der Waals surface area contributed by atoms with Crippen LogP contribution in [0.3, 0.4) is 0 Å². The van der Waals surface area contributed by atoms with Gasteiger partial charge in [-0.3, -0.25) is 9.59 Å². The largest absolute Gasteiger partial charge is 0.469 e. The molecule has 13 nitrogen and oxygen atoms in total. The van der Waals surface area contributed by atoms with Gasteiger partial charge >= 0.3 is 5.97 Å². The lowest BCUT2D eigenvalue weighted by molar-refractivity contribution is -0.136. The lowest BCUT2D eigenvalue weighted by Crippen LogP contribution is -2.52. The van der Waals surface area contributed by atoms with Crippen LogP contribution in [-0.4, -0.2) is 58.3 Å². The molecule has 49 heavy (non-hydrogen) atoms. The van der Waals surface area contributed by atoms with Gasteiger partial charge in [0.05, 0.1) is 7.11 Å². The lowest BCUT2D eigenvalue weighted by Gasteiger charge is -2.31. The normalized spacial score (nSPS) is 23.1. The third kappa shape index (κ3) is 5.23. The van der Waals surface area contributed by atoms with Gasteiger partial charge in [-0.05, 0) is 47.4 Å². The van der Waals surface area contributed by atoms with Crippen molar-refractivity contribution < 1.29 is 37.8 Å². The molecule has 2 unspecified atom stereocenters. The van der Waals surface area contributed by atoms with Crippen LogP contribution in [0.25, 0.3) is 11.6 Å². The second-order valence-corrected chi connectivity index (χ2v) is 14.2. The smallest absolute Gasteiger partial charge is 0.360 e. The number of aryl methyl sites for hydroxylation is 1. The average Bonchev–Trinajstić information content (AvgIpc) is 3.84. The topological polar surface area (TPSA) is 178 Å². The summed E-state index contributed by atoms with van der Waals surface area (Å²) in [7, 11) is 1.26. The molecule has 5 heterocycles. The standard InChI is InChI=1S/C36H39N5O8/c1-17(2)26(42)30(44)37-22-13-11-18-12-14-24-20(15-18)36(19-9-7-8-10-21(19)39-34(36)48-24)28-25(31-38-23(16-47-31)33(45)46-6)40-32(49-28)27(35(3,4)5)41-29(22)43/h7-10,12,14-17,22,26-27,34,39,42H,11,13H2,1-6H3,(H,37,44)(H,41,43)/t22-,26-,27?,34-,36?/m0/s1. The van der Waals surface area contributed by atoms with Gasteiger partial charge in [-0.15, -0.1) is 0 Å². The van der Waals surface area contributed by atoms with E-state index in [-0.39, 0.29) is 35.5 Å². The van der Waals surface area contributed by atoms with E-state index >= 15 is 0 Å². The molecule has 3 aliphatic rings. The van der Waals surface area contributed by atoms with E-state index in [0.29, 0.717) is 17.9 Å². The van der Waals surface area contributed by atoms with Gasteiger partial charge in [-0.2, -0.15) is 0 Å². The van der Waals surface area contributed by atoms with E-state index in [4.69, 9.17) is 23.3 Å². The molecule has 2 aromatic heterocycles. The summed E-state index contributed by atoms with van der Waals surface area (Å²) in [6.45, 7) is 9.27. The summed E-state index contributed by atoms with van der Waals surface area (Å²) < 4.78 is 24.2. The van der Waals surface area contributed by atoms with E-state index in [1.165, 1.54) is 13.4 Å². The molecule has 3 aliphatic heterocycles. The van der Waals surface area contributed by atoms with Gasteiger partial charge in [0, 0.05) is 11.3 Å². The van der Waals surface area contributed by atoms with Gasteiger partial charge in [0.15, 0.2) is 23.4 Å².